The maximum atomic E-state index is 13.0. The third-order valence-corrected chi connectivity index (χ3v) is 5.37. The normalized spacial score (nSPS) is 11.3. The van der Waals surface area contributed by atoms with Gasteiger partial charge in [0.1, 0.15) is 0 Å². The molecule has 8 nitrogen and oxygen atoms in total. The van der Waals surface area contributed by atoms with Crippen molar-refractivity contribution in [1.82, 2.24) is 18.7 Å². The summed E-state index contributed by atoms with van der Waals surface area (Å²) in [6.45, 7) is 0.666. The fraction of sp³-hybridized carbons (Fsp3) is 0.312. The average Bonchev–Trinajstić information content (AvgIpc) is 2.97. The van der Waals surface area contributed by atoms with Gasteiger partial charge < -0.3 is 9.88 Å². The Labute approximate surface area is 169 Å². The first kappa shape index (κ1) is 19.8. The van der Waals surface area contributed by atoms with Crippen LogP contribution in [0.3, 0.4) is 0 Å². The first-order chi connectivity index (χ1) is 12.8. The predicted octanol–water partition coefficient (Wildman–Crippen LogP) is 1.81. The molecule has 144 valence electrons. The quantitative estimate of drug-likeness (QED) is 0.458. The van der Waals surface area contributed by atoms with Crippen molar-refractivity contribution in [2.24, 2.45) is 19.2 Å². The minimum absolute atomic E-state index is 0.0795. The Morgan fingerprint density at radius 3 is 2.59 bits per heavy atom. The van der Waals surface area contributed by atoms with Crippen LogP contribution in [0.15, 0.2) is 27.8 Å². The highest BCUT2D eigenvalue weighted by atomic mass is 35.5. The van der Waals surface area contributed by atoms with Gasteiger partial charge in [0, 0.05) is 26.4 Å². The van der Waals surface area contributed by atoms with Gasteiger partial charge in [0.2, 0.25) is 5.95 Å². The summed E-state index contributed by atoms with van der Waals surface area (Å²) in [5.74, 6) is 1.18. The highest BCUT2D eigenvalue weighted by Gasteiger charge is 2.18. The molecule has 0 amide bonds. The van der Waals surface area contributed by atoms with Gasteiger partial charge in [-0.3, -0.25) is 19.1 Å². The number of aryl methyl sites for hydroxylation is 2. The van der Waals surface area contributed by atoms with E-state index in [0.29, 0.717) is 45.0 Å². The van der Waals surface area contributed by atoms with Gasteiger partial charge in [0.15, 0.2) is 11.2 Å². The van der Waals surface area contributed by atoms with E-state index < -0.39 is 11.2 Å². The fourth-order valence-electron chi connectivity index (χ4n) is 2.78. The molecule has 0 atom stereocenters. The summed E-state index contributed by atoms with van der Waals surface area (Å²) in [5, 5.41) is 9.31. The van der Waals surface area contributed by atoms with Crippen molar-refractivity contribution >= 4 is 52.3 Å². The number of rotatable bonds is 6. The van der Waals surface area contributed by atoms with E-state index in [1.807, 2.05) is 0 Å². The molecule has 2 aromatic heterocycles. The van der Waals surface area contributed by atoms with Crippen LogP contribution in [-0.2, 0) is 20.6 Å². The first-order valence-electron chi connectivity index (χ1n) is 8.01. The summed E-state index contributed by atoms with van der Waals surface area (Å²) < 4.78 is 4.16. The molecule has 0 spiro atoms. The minimum atomic E-state index is -0.458. The Bertz CT molecular complexity index is 1120. The van der Waals surface area contributed by atoms with Crippen LogP contribution in [0.2, 0.25) is 10.0 Å². The molecule has 0 unspecified atom stereocenters. The van der Waals surface area contributed by atoms with E-state index in [1.165, 1.54) is 16.5 Å². The minimum Gasteiger partial charge on any atom is -0.355 e. The lowest BCUT2D eigenvalue weighted by Crippen LogP contribution is -2.39. The van der Waals surface area contributed by atoms with Crippen LogP contribution in [-0.4, -0.2) is 31.0 Å². The zero-order chi connectivity index (χ0) is 19.7. The van der Waals surface area contributed by atoms with Crippen molar-refractivity contribution in [3.63, 3.8) is 0 Å². The molecule has 2 heterocycles. The topological polar surface area (TPSA) is 99.9 Å². The number of fused-ring (bicyclic) bond motifs is 1. The van der Waals surface area contributed by atoms with Crippen LogP contribution in [0.4, 0.5) is 5.95 Å². The van der Waals surface area contributed by atoms with Crippen molar-refractivity contribution in [1.29, 1.82) is 0 Å². The number of halogens is 2. The van der Waals surface area contributed by atoms with Gasteiger partial charge in [-0.05, 0) is 17.7 Å². The molecule has 0 bridgehead atoms. The van der Waals surface area contributed by atoms with Gasteiger partial charge in [0.05, 0.1) is 16.6 Å². The predicted molar refractivity (Wildman–Crippen MR) is 111 cm³/mol. The third kappa shape index (κ3) is 3.73. The van der Waals surface area contributed by atoms with E-state index >= 15 is 0 Å². The van der Waals surface area contributed by atoms with Crippen LogP contribution >= 0.6 is 35.1 Å². The SMILES string of the molecule is Cn1c(NCCSN)nc2c1c(=O)n(Cc1ccc(Cl)c(Cl)c1)c(=O)n2C. The summed E-state index contributed by atoms with van der Waals surface area (Å²) in [5.41, 5.74) is 0.473. The van der Waals surface area contributed by atoms with Crippen LogP contribution in [0.25, 0.3) is 11.2 Å². The summed E-state index contributed by atoms with van der Waals surface area (Å²) in [6.07, 6.45) is 0. The first-order valence-corrected chi connectivity index (χ1v) is 9.81. The largest absolute Gasteiger partial charge is 0.355 e. The van der Waals surface area contributed by atoms with Gasteiger partial charge in [0.25, 0.3) is 5.56 Å². The number of nitrogens with two attached hydrogens (primary N) is 1. The molecule has 0 radical (unpaired) electrons. The second kappa shape index (κ2) is 7.97. The summed E-state index contributed by atoms with van der Waals surface area (Å²) in [4.78, 5) is 30.1. The van der Waals surface area contributed by atoms with E-state index in [9.17, 15) is 9.59 Å². The Morgan fingerprint density at radius 2 is 1.93 bits per heavy atom. The van der Waals surface area contributed by atoms with Gasteiger partial charge in [-0.1, -0.05) is 41.2 Å². The Balaban J connectivity index is 2.11. The second-order valence-corrected chi connectivity index (χ2v) is 7.50. The average molecular weight is 429 g/mol. The molecule has 3 rings (SSSR count). The number of anilines is 1. The van der Waals surface area contributed by atoms with E-state index in [4.69, 9.17) is 28.3 Å². The number of hydrogen-bond acceptors (Lipinski definition) is 6. The molecule has 1 aromatic carbocycles. The summed E-state index contributed by atoms with van der Waals surface area (Å²) in [6, 6.07) is 5.00. The van der Waals surface area contributed by atoms with Crippen molar-refractivity contribution < 1.29 is 0 Å². The van der Waals surface area contributed by atoms with Gasteiger partial charge >= 0.3 is 5.69 Å². The summed E-state index contributed by atoms with van der Waals surface area (Å²) in [7, 11) is 3.31. The maximum absolute atomic E-state index is 13.0. The van der Waals surface area contributed by atoms with Crippen molar-refractivity contribution in [3.05, 3.63) is 54.6 Å². The van der Waals surface area contributed by atoms with Gasteiger partial charge in [-0.2, -0.15) is 4.98 Å². The van der Waals surface area contributed by atoms with Crippen molar-refractivity contribution in [2.75, 3.05) is 17.6 Å². The lowest BCUT2D eigenvalue weighted by molar-refractivity contribution is 0.655. The Morgan fingerprint density at radius 1 is 1.19 bits per heavy atom. The summed E-state index contributed by atoms with van der Waals surface area (Å²) >= 11 is 13.2. The van der Waals surface area contributed by atoms with Crippen LogP contribution in [0.5, 0.6) is 0 Å². The molecule has 0 saturated carbocycles. The molecule has 0 saturated heterocycles. The number of nitrogens with zero attached hydrogens (tertiary/aromatic N) is 4. The molecule has 0 aliphatic rings. The lowest BCUT2D eigenvalue weighted by Gasteiger charge is -2.09. The highest BCUT2D eigenvalue weighted by molar-refractivity contribution is 7.97. The number of nitrogens with one attached hydrogen (secondary N) is 1. The van der Waals surface area contributed by atoms with E-state index in [2.05, 4.69) is 10.3 Å². The molecule has 0 fully saturated rings. The zero-order valence-corrected chi connectivity index (χ0v) is 17.0. The smallest absolute Gasteiger partial charge is 0.332 e. The Kier molecular flexibility index (Phi) is 5.85. The van der Waals surface area contributed by atoms with E-state index in [-0.39, 0.29) is 6.54 Å². The van der Waals surface area contributed by atoms with Gasteiger partial charge in [-0.25, -0.2) is 4.79 Å². The Hall–Kier alpha value is -1.94. The number of hydrogen-bond donors (Lipinski definition) is 2. The highest BCUT2D eigenvalue weighted by Crippen LogP contribution is 2.22. The number of imidazole rings is 1. The van der Waals surface area contributed by atoms with Crippen molar-refractivity contribution in [2.45, 2.75) is 6.54 Å². The third-order valence-electron chi connectivity index (χ3n) is 4.19. The van der Waals surface area contributed by atoms with Crippen LogP contribution < -0.4 is 21.7 Å². The fourth-order valence-corrected chi connectivity index (χ4v) is 3.32. The van der Waals surface area contributed by atoms with Crippen LogP contribution in [0, 0.1) is 0 Å². The number of benzene rings is 1. The molecular formula is C16H18Cl2N6O2S. The van der Waals surface area contributed by atoms with Gasteiger partial charge in [-0.15, -0.1) is 0 Å². The number of aromatic nitrogens is 4. The van der Waals surface area contributed by atoms with E-state index in [0.717, 1.165) is 4.57 Å². The second-order valence-electron chi connectivity index (χ2n) is 5.95. The zero-order valence-electron chi connectivity index (χ0n) is 14.7. The molecular weight excluding hydrogens is 411 g/mol. The van der Waals surface area contributed by atoms with E-state index in [1.54, 1.807) is 36.9 Å². The maximum Gasteiger partial charge on any atom is 0.332 e. The standard InChI is InChI=1S/C16H18Cl2N6O2S/c1-22-12-13(21-15(22)20-5-6-27-19)23(2)16(26)24(14(12)25)8-9-3-4-10(17)11(18)7-9/h3-4,7H,5-6,8,19H2,1-2H3,(H,20,21). The van der Waals surface area contributed by atoms with Crippen LogP contribution in [0.1, 0.15) is 5.56 Å². The van der Waals surface area contributed by atoms with Crippen molar-refractivity contribution in [3.8, 4) is 0 Å². The monoisotopic (exact) mass is 428 g/mol. The molecule has 3 N–H and O–H groups in total. The molecule has 27 heavy (non-hydrogen) atoms. The lowest BCUT2D eigenvalue weighted by atomic mass is 10.2. The molecule has 0 aliphatic heterocycles. The molecule has 0 aliphatic carbocycles. The molecule has 11 heteroatoms. The molecule has 3 aromatic rings.